The van der Waals surface area contributed by atoms with Crippen LogP contribution >= 0.6 is 12.2 Å². The van der Waals surface area contributed by atoms with Gasteiger partial charge in [-0.1, -0.05) is 12.1 Å². The molecule has 25 heavy (non-hydrogen) atoms. The molecule has 2 heterocycles. The molecule has 0 unspecified atom stereocenters. The van der Waals surface area contributed by atoms with Crippen molar-refractivity contribution in [2.45, 2.75) is 18.8 Å². The molecular weight excluding hydrogens is 336 g/mol. The molecule has 0 spiro atoms. The van der Waals surface area contributed by atoms with Gasteiger partial charge < -0.3 is 14.6 Å². The molecule has 1 fully saturated rings. The van der Waals surface area contributed by atoms with Crippen molar-refractivity contribution >= 4 is 24.1 Å². The van der Waals surface area contributed by atoms with Gasteiger partial charge in [0, 0.05) is 26.1 Å². The van der Waals surface area contributed by atoms with Crippen LogP contribution in [0.2, 0.25) is 0 Å². The molecule has 2 aromatic rings. The summed E-state index contributed by atoms with van der Waals surface area (Å²) in [7, 11) is 3.76. The Balaban J connectivity index is 1.78. The quantitative estimate of drug-likeness (QED) is 0.625. The van der Waals surface area contributed by atoms with Crippen LogP contribution < -0.4 is 15.6 Å². The van der Waals surface area contributed by atoms with Crippen molar-refractivity contribution in [3.8, 4) is 5.88 Å². The molecule has 2 N–H and O–H groups in total. The van der Waals surface area contributed by atoms with Crippen molar-refractivity contribution < 1.29 is 10.0 Å². The van der Waals surface area contributed by atoms with Gasteiger partial charge in [-0.05, 0) is 41.7 Å². The van der Waals surface area contributed by atoms with Gasteiger partial charge in [0.05, 0.1) is 31.4 Å². The van der Waals surface area contributed by atoms with Crippen LogP contribution in [0.5, 0.6) is 5.88 Å². The van der Waals surface area contributed by atoms with Crippen molar-refractivity contribution in [3.63, 3.8) is 0 Å². The highest BCUT2D eigenvalue weighted by molar-refractivity contribution is 7.71. The zero-order chi connectivity index (χ0) is 18.0. The normalized spacial score (nSPS) is 20.9. The average Bonchev–Trinajstić information content (AvgIpc) is 2.61. The molecule has 6 nitrogen and oxygen atoms in total. The number of quaternary nitrogens is 1. The van der Waals surface area contributed by atoms with Crippen LogP contribution in [0.4, 0.5) is 5.69 Å². The van der Waals surface area contributed by atoms with Crippen molar-refractivity contribution in [1.29, 1.82) is 0 Å². The van der Waals surface area contributed by atoms with E-state index in [0.717, 1.165) is 0 Å². The summed E-state index contributed by atoms with van der Waals surface area (Å²) in [6.07, 6.45) is 3.71. The van der Waals surface area contributed by atoms with Crippen molar-refractivity contribution in [1.82, 2.24) is 9.55 Å². The summed E-state index contributed by atoms with van der Waals surface area (Å²) in [5.41, 5.74) is 1.52. The Morgan fingerprint density at radius 1 is 1.32 bits per heavy atom. The number of aromatic nitrogens is 2. The van der Waals surface area contributed by atoms with Crippen molar-refractivity contribution in [2.75, 3.05) is 20.1 Å². The molecule has 0 aliphatic carbocycles. The molecule has 132 valence electrons. The first-order valence-corrected chi connectivity index (χ1v) is 8.82. The number of aromatic amines is 1. The molecule has 0 radical (unpaired) electrons. The van der Waals surface area contributed by atoms with E-state index in [4.69, 9.17) is 12.2 Å². The Morgan fingerprint density at radius 2 is 1.96 bits per heavy atom. The predicted octanol–water partition coefficient (Wildman–Crippen LogP) is 0.659. The standard InChI is InChI=1S/C18H22N4O2S/c1-21-9-7-13(8-10-21)12-3-5-14(6-4-12)19-11-15-16(23)20-18(25)22(2)17(15)24/h3-6,11,13,24H,7-10H2,1-2H3,(H,20,23,25). The highest BCUT2D eigenvalue weighted by atomic mass is 32.1. The second-order valence-corrected chi connectivity index (χ2v) is 7.00. The minimum absolute atomic E-state index is 0.0153. The average molecular weight is 358 g/mol. The predicted molar refractivity (Wildman–Crippen MR) is 98.6 cm³/mol. The fourth-order valence-corrected chi connectivity index (χ4v) is 3.32. The zero-order valence-electron chi connectivity index (χ0n) is 14.4. The molecular formula is C18H22N4O2S. The monoisotopic (exact) mass is 358 g/mol. The van der Waals surface area contributed by atoms with E-state index in [2.05, 4.69) is 29.2 Å². The van der Waals surface area contributed by atoms with Crippen LogP contribution in [0.1, 0.15) is 29.9 Å². The van der Waals surface area contributed by atoms with Crippen LogP contribution in [0.15, 0.2) is 34.1 Å². The van der Waals surface area contributed by atoms with Crippen molar-refractivity contribution in [3.05, 3.63) is 50.5 Å². The number of piperidine rings is 1. The van der Waals surface area contributed by atoms with Gasteiger partial charge in [-0.3, -0.25) is 14.8 Å². The lowest BCUT2D eigenvalue weighted by atomic mass is 9.89. The number of H-pyrrole nitrogens is 1. The molecule has 3 rings (SSSR count). The number of nitrogens with one attached hydrogen (secondary N) is 2. The minimum Gasteiger partial charge on any atom is -0.859 e. The Hall–Kier alpha value is -2.25. The minimum atomic E-state index is -0.512. The highest BCUT2D eigenvalue weighted by Crippen LogP contribution is 2.25. The summed E-state index contributed by atoms with van der Waals surface area (Å²) >= 11 is 4.91. The number of hydrogen-bond acceptors (Lipinski definition) is 4. The van der Waals surface area contributed by atoms with Gasteiger partial charge in [0.2, 0.25) is 0 Å². The van der Waals surface area contributed by atoms with E-state index in [9.17, 15) is 9.90 Å². The van der Waals surface area contributed by atoms with E-state index < -0.39 is 11.4 Å². The van der Waals surface area contributed by atoms with Crippen LogP contribution in [0.3, 0.4) is 0 Å². The summed E-state index contributed by atoms with van der Waals surface area (Å²) in [4.78, 5) is 20.2. The topological polar surface area (TPSA) is 77.6 Å². The molecule has 1 aromatic heterocycles. The second kappa shape index (κ2) is 7.33. The Kier molecular flexibility index (Phi) is 5.15. The number of aliphatic imine (C=N–C) groups is 1. The first-order chi connectivity index (χ1) is 12.0. The third-order valence-electron chi connectivity index (χ3n) is 4.85. The van der Waals surface area contributed by atoms with E-state index in [1.165, 1.54) is 49.3 Å². The van der Waals surface area contributed by atoms with Gasteiger partial charge in [-0.2, -0.15) is 0 Å². The summed E-state index contributed by atoms with van der Waals surface area (Å²) in [5, 5.41) is 12.1. The first-order valence-electron chi connectivity index (χ1n) is 8.41. The number of nitrogens with zero attached hydrogens (tertiary/aromatic N) is 2. The number of rotatable bonds is 3. The second-order valence-electron chi connectivity index (χ2n) is 6.62. The molecule has 7 heteroatoms. The molecule has 1 aliphatic heterocycles. The summed E-state index contributed by atoms with van der Waals surface area (Å²) in [6.45, 7) is 2.41. The number of benzene rings is 1. The van der Waals surface area contributed by atoms with Gasteiger partial charge >= 0.3 is 0 Å². The Labute approximate surface area is 151 Å². The van der Waals surface area contributed by atoms with E-state index in [1.54, 1.807) is 4.90 Å². The number of likely N-dealkylation sites (tertiary alicyclic amines) is 1. The maximum atomic E-state index is 12.1. The van der Waals surface area contributed by atoms with Crippen LogP contribution in [0, 0.1) is 4.77 Å². The summed E-state index contributed by atoms with van der Waals surface area (Å²) in [6, 6.07) is 8.04. The third kappa shape index (κ3) is 3.88. The lowest BCUT2D eigenvalue weighted by Gasteiger charge is -2.26. The maximum Gasteiger partial charge on any atom is 0.259 e. The van der Waals surface area contributed by atoms with E-state index in [-0.39, 0.29) is 10.3 Å². The van der Waals surface area contributed by atoms with E-state index in [0.29, 0.717) is 11.6 Å². The van der Waals surface area contributed by atoms with Crippen LogP contribution in [-0.4, -0.2) is 35.9 Å². The summed E-state index contributed by atoms with van der Waals surface area (Å²) < 4.78 is 1.33. The number of hydrogen-bond donors (Lipinski definition) is 2. The van der Waals surface area contributed by atoms with Gasteiger partial charge in [0.15, 0.2) is 4.77 Å². The van der Waals surface area contributed by atoms with Crippen LogP contribution in [0.25, 0.3) is 0 Å². The van der Waals surface area contributed by atoms with E-state index >= 15 is 0 Å². The molecule has 0 amide bonds. The SMILES string of the molecule is Cn1c([O-])c(C=Nc2ccc(C3CC[NH+](C)CC3)cc2)c(=O)[nH]c1=S. The summed E-state index contributed by atoms with van der Waals surface area (Å²) in [5.74, 6) is 0.166. The Bertz CT molecular complexity index is 891. The maximum absolute atomic E-state index is 12.1. The zero-order valence-corrected chi connectivity index (χ0v) is 15.2. The molecule has 1 saturated heterocycles. The molecule has 0 saturated carbocycles. The fourth-order valence-electron chi connectivity index (χ4n) is 3.15. The van der Waals surface area contributed by atoms with E-state index in [1.807, 2.05) is 12.1 Å². The lowest BCUT2D eigenvalue weighted by Crippen LogP contribution is -3.10. The molecule has 1 aliphatic rings. The van der Waals surface area contributed by atoms with Gasteiger partial charge in [0.25, 0.3) is 5.56 Å². The molecule has 1 aromatic carbocycles. The lowest BCUT2D eigenvalue weighted by molar-refractivity contribution is -0.885. The van der Waals surface area contributed by atoms with Gasteiger partial charge in [-0.25, -0.2) is 0 Å². The van der Waals surface area contributed by atoms with Gasteiger partial charge in [-0.15, -0.1) is 0 Å². The first kappa shape index (κ1) is 17.6. The molecule has 0 bridgehead atoms. The van der Waals surface area contributed by atoms with Crippen molar-refractivity contribution in [2.24, 2.45) is 12.0 Å². The Morgan fingerprint density at radius 3 is 2.60 bits per heavy atom. The van der Waals surface area contributed by atoms with Crippen LogP contribution in [-0.2, 0) is 7.05 Å². The fraction of sp³-hybridized carbons (Fsp3) is 0.389. The highest BCUT2D eigenvalue weighted by Gasteiger charge is 2.20. The third-order valence-corrected chi connectivity index (χ3v) is 5.23. The largest absolute Gasteiger partial charge is 0.859 e. The molecule has 0 atom stereocenters. The van der Waals surface area contributed by atoms with Gasteiger partial charge in [0.1, 0.15) is 0 Å². The smallest absolute Gasteiger partial charge is 0.259 e.